The van der Waals surface area contributed by atoms with Gasteiger partial charge in [-0.2, -0.15) is 0 Å². The van der Waals surface area contributed by atoms with E-state index in [1.54, 1.807) is 6.08 Å². The van der Waals surface area contributed by atoms with Crippen molar-refractivity contribution < 1.29 is 4.79 Å². The van der Waals surface area contributed by atoms with Gasteiger partial charge in [0.15, 0.2) is 0 Å². The van der Waals surface area contributed by atoms with Crippen molar-refractivity contribution >= 4 is 12.0 Å². The Labute approximate surface area is 142 Å². The lowest BCUT2D eigenvalue weighted by Crippen LogP contribution is -2.21. The van der Waals surface area contributed by atoms with E-state index in [-0.39, 0.29) is 5.91 Å². The highest BCUT2D eigenvalue weighted by atomic mass is 16.1. The summed E-state index contributed by atoms with van der Waals surface area (Å²) in [6, 6.07) is 8.17. The van der Waals surface area contributed by atoms with Crippen LogP contribution in [0.4, 0.5) is 0 Å². The average molecular weight is 316 g/mol. The fourth-order valence-electron chi connectivity index (χ4n) is 2.56. The first kappa shape index (κ1) is 19.5. The average Bonchev–Trinajstić information content (AvgIpc) is 2.56. The maximum atomic E-state index is 11.7. The minimum Gasteiger partial charge on any atom is -0.353 e. The molecule has 0 unspecified atom stereocenters. The van der Waals surface area contributed by atoms with Crippen molar-refractivity contribution in [1.82, 2.24) is 5.32 Å². The Morgan fingerprint density at radius 1 is 0.913 bits per heavy atom. The van der Waals surface area contributed by atoms with Crippen molar-refractivity contribution in [3.05, 3.63) is 41.5 Å². The molecule has 0 bridgehead atoms. The zero-order valence-corrected chi connectivity index (χ0v) is 14.9. The molecule has 0 atom stereocenters. The van der Waals surface area contributed by atoms with Gasteiger partial charge in [0.2, 0.25) is 5.91 Å². The molecule has 0 saturated heterocycles. The van der Waals surface area contributed by atoms with E-state index >= 15 is 0 Å². The van der Waals surface area contributed by atoms with E-state index in [0.717, 1.165) is 18.5 Å². The third-order valence-corrected chi connectivity index (χ3v) is 4.08. The second kappa shape index (κ2) is 12.9. The first-order valence-electron chi connectivity index (χ1n) is 9.25. The molecule has 0 aliphatic heterocycles. The molecule has 0 aliphatic rings. The summed E-state index contributed by atoms with van der Waals surface area (Å²) >= 11 is 0. The Balaban J connectivity index is 1.98. The highest BCUT2D eigenvalue weighted by Gasteiger charge is 1.96. The van der Waals surface area contributed by atoms with Crippen LogP contribution in [0, 0.1) is 6.92 Å². The first-order valence-corrected chi connectivity index (χ1v) is 9.25. The lowest BCUT2D eigenvalue weighted by Gasteiger charge is -2.03. The van der Waals surface area contributed by atoms with Crippen molar-refractivity contribution in [2.24, 2.45) is 0 Å². The molecule has 128 valence electrons. The number of aryl methyl sites for hydroxylation is 1. The monoisotopic (exact) mass is 315 g/mol. The fourth-order valence-corrected chi connectivity index (χ4v) is 2.56. The highest BCUT2D eigenvalue weighted by molar-refractivity contribution is 5.91. The number of rotatable bonds is 12. The van der Waals surface area contributed by atoms with E-state index in [4.69, 9.17) is 0 Å². The molecule has 0 fully saturated rings. The summed E-state index contributed by atoms with van der Waals surface area (Å²) in [6.45, 7) is 5.10. The number of hydrogen-bond donors (Lipinski definition) is 1. The summed E-state index contributed by atoms with van der Waals surface area (Å²) in [5, 5.41) is 2.96. The van der Waals surface area contributed by atoms with Gasteiger partial charge in [0.25, 0.3) is 0 Å². The molecule has 1 aromatic rings. The third kappa shape index (κ3) is 10.7. The molecule has 23 heavy (non-hydrogen) atoms. The summed E-state index contributed by atoms with van der Waals surface area (Å²) in [5.41, 5.74) is 2.30. The SMILES string of the molecule is CCCCCCCCCCCNC(=O)C=Cc1ccc(C)cc1. The van der Waals surface area contributed by atoms with Gasteiger partial charge in [0.1, 0.15) is 0 Å². The molecule has 2 heteroatoms. The van der Waals surface area contributed by atoms with Crippen LogP contribution in [0.25, 0.3) is 6.08 Å². The quantitative estimate of drug-likeness (QED) is 0.391. The third-order valence-electron chi connectivity index (χ3n) is 4.08. The van der Waals surface area contributed by atoms with Crippen LogP contribution in [0.5, 0.6) is 0 Å². The molecular weight excluding hydrogens is 282 g/mol. The predicted octanol–water partition coefficient (Wildman–Crippen LogP) is 5.66. The van der Waals surface area contributed by atoms with Crippen LogP contribution >= 0.6 is 0 Å². The van der Waals surface area contributed by atoms with E-state index in [9.17, 15) is 4.79 Å². The van der Waals surface area contributed by atoms with E-state index in [1.807, 2.05) is 18.2 Å². The summed E-state index contributed by atoms with van der Waals surface area (Å²) in [5.74, 6) is 0.00476. The molecule has 0 spiro atoms. The van der Waals surface area contributed by atoms with Crippen LogP contribution in [0.15, 0.2) is 30.3 Å². The molecule has 0 aliphatic carbocycles. The smallest absolute Gasteiger partial charge is 0.243 e. The van der Waals surface area contributed by atoms with E-state index in [0.29, 0.717) is 0 Å². The topological polar surface area (TPSA) is 29.1 Å². The summed E-state index contributed by atoms with van der Waals surface area (Å²) in [7, 11) is 0. The number of amides is 1. The van der Waals surface area contributed by atoms with Crippen molar-refractivity contribution in [3.8, 4) is 0 Å². The minimum absolute atomic E-state index is 0.00476. The molecule has 1 N–H and O–H groups in total. The Bertz CT molecular complexity index is 447. The van der Waals surface area contributed by atoms with E-state index in [2.05, 4.69) is 31.3 Å². The summed E-state index contributed by atoms with van der Waals surface area (Å²) in [4.78, 5) is 11.7. The number of unbranched alkanes of at least 4 members (excludes halogenated alkanes) is 8. The molecule has 2 nitrogen and oxygen atoms in total. The standard InChI is InChI=1S/C21H33NO/c1-3-4-5-6-7-8-9-10-11-18-22-21(23)17-16-20-14-12-19(2)13-15-20/h12-17H,3-11,18H2,1-2H3,(H,22,23). The van der Waals surface area contributed by atoms with Crippen LogP contribution in [-0.2, 0) is 4.79 Å². The van der Waals surface area contributed by atoms with Crippen molar-refractivity contribution in [3.63, 3.8) is 0 Å². The zero-order chi connectivity index (χ0) is 16.8. The Hall–Kier alpha value is -1.57. The Morgan fingerprint density at radius 3 is 2.09 bits per heavy atom. The Kier molecular flexibility index (Phi) is 10.9. The van der Waals surface area contributed by atoms with Gasteiger partial charge in [0.05, 0.1) is 0 Å². The van der Waals surface area contributed by atoms with Gasteiger partial charge in [-0.05, 0) is 25.0 Å². The number of nitrogens with one attached hydrogen (secondary N) is 1. The van der Waals surface area contributed by atoms with Crippen molar-refractivity contribution in [1.29, 1.82) is 0 Å². The second-order valence-corrected chi connectivity index (χ2v) is 6.36. The van der Waals surface area contributed by atoms with Crippen LogP contribution in [0.1, 0.15) is 75.8 Å². The van der Waals surface area contributed by atoms with Gasteiger partial charge in [0, 0.05) is 12.6 Å². The van der Waals surface area contributed by atoms with Gasteiger partial charge in [-0.3, -0.25) is 4.79 Å². The molecule has 0 radical (unpaired) electrons. The van der Waals surface area contributed by atoms with Crippen LogP contribution in [0.3, 0.4) is 0 Å². The van der Waals surface area contributed by atoms with Gasteiger partial charge < -0.3 is 5.32 Å². The lowest BCUT2D eigenvalue weighted by atomic mass is 10.1. The molecule has 0 heterocycles. The van der Waals surface area contributed by atoms with Crippen molar-refractivity contribution in [2.75, 3.05) is 6.54 Å². The predicted molar refractivity (Wildman–Crippen MR) is 100 cm³/mol. The first-order chi connectivity index (χ1) is 11.2. The minimum atomic E-state index is 0.00476. The summed E-state index contributed by atoms with van der Waals surface area (Å²) in [6.07, 6.45) is 15.3. The number of carbonyl (C=O) groups is 1. The molecule has 0 aromatic heterocycles. The molecule has 1 aromatic carbocycles. The maximum Gasteiger partial charge on any atom is 0.243 e. The molecular formula is C21H33NO. The van der Waals surface area contributed by atoms with Crippen LogP contribution in [0.2, 0.25) is 0 Å². The van der Waals surface area contributed by atoms with Crippen LogP contribution < -0.4 is 5.32 Å². The maximum absolute atomic E-state index is 11.7. The van der Waals surface area contributed by atoms with Gasteiger partial charge in [-0.1, -0.05) is 88.1 Å². The van der Waals surface area contributed by atoms with E-state index < -0.39 is 0 Å². The normalized spacial score (nSPS) is 11.0. The zero-order valence-electron chi connectivity index (χ0n) is 14.9. The molecule has 0 saturated carbocycles. The van der Waals surface area contributed by atoms with Gasteiger partial charge >= 0.3 is 0 Å². The van der Waals surface area contributed by atoms with E-state index in [1.165, 1.54) is 56.9 Å². The fraction of sp³-hybridized carbons (Fsp3) is 0.571. The number of hydrogen-bond acceptors (Lipinski definition) is 1. The van der Waals surface area contributed by atoms with Crippen LogP contribution in [-0.4, -0.2) is 12.5 Å². The lowest BCUT2D eigenvalue weighted by molar-refractivity contribution is -0.116. The largest absolute Gasteiger partial charge is 0.353 e. The van der Waals surface area contributed by atoms with Crippen molar-refractivity contribution in [2.45, 2.75) is 71.6 Å². The second-order valence-electron chi connectivity index (χ2n) is 6.36. The number of carbonyl (C=O) groups excluding carboxylic acids is 1. The molecule has 1 rings (SSSR count). The highest BCUT2D eigenvalue weighted by Crippen LogP contribution is 2.09. The Morgan fingerprint density at radius 2 is 1.48 bits per heavy atom. The van der Waals surface area contributed by atoms with Gasteiger partial charge in [-0.25, -0.2) is 0 Å². The number of benzene rings is 1. The summed E-state index contributed by atoms with van der Waals surface area (Å²) < 4.78 is 0. The van der Waals surface area contributed by atoms with Gasteiger partial charge in [-0.15, -0.1) is 0 Å². The molecule has 1 amide bonds.